The zero-order valence-corrected chi connectivity index (χ0v) is 21.0. The number of thioether (sulfide) groups is 1. The molecule has 182 valence electrons. The molecule has 0 aliphatic heterocycles. The average molecular weight is 492 g/mol. The van der Waals surface area contributed by atoms with Gasteiger partial charge in [-0.1, -0.05) is 37.1 Å². The summed E-state index contributed by atoms with van der Waals surface area (Å²) in [7, 11) is 3.26. The Balaban J connectivity index is 1.50. The molecule has 0 spiro atoms. The summed E-state index contributed by atoms with van der Waals surface area (Å²) in [6.45, 7) is 1.97. The lowest BCUT2D eigenvalue weighted by atomic mass is 9.95. The predicted octanol–water partition coefficient (Wildman–Crippen LogP) is 5.08. The van der Waals surface area contributed by atoms with Crippen molar-refractivity contribution in [1.29, 1.82) is 0 Å². The van der Waals surface area contributed by atoms with Crippen LogP contribution in [0, 0.1) is 6.92 Å². The van der Waals surface area contributed by atoms with Crippen LogP contribution in [0.1, 0.15) is 49.4 Å². The van der Waals surface area contributed by atoms with Gasteiger partial charge in [0.2, 0.25) is 0 Å². The van der Waals surface area contributed by atoms with Crippen LogP contribution >= 0.6 is 11.8 Å². The van der Waals surface area contributed by atoms with Crippen LogP contribution in [-0.2, 0) is 5.75 Å². The molecule has 1 aromatic carbocycles. The maximum atomic E-state index is 12.6. The number of aromatic nitrogens is 5. The first kappa shape index (κ1) is 23.4. The Morgan fingerprint density at radius 2 is 1.83 bits per heavy atom. The van der Waals surface area contributed by atoms with Crippen molar-refractivity contribution in [2.75, 3.05) is 14.2 Å². The molecule has 3 heterocycles. The molecule has 0 saturated heterocycles. The van der Waals surface area contributed by atoms with Crippen LogP contribution in [-0.4, -0.2) is 38.4 Å². The SMILES string of the molecule is COc1ccc(-c2nnc(SCc3cc(=O)n4cccc(C)c4n3)n2C2CCCCC2)cc1OC. The fourth-order valence-electron chi connectivity index (χ4n) is 4.74. The molecule has 1 aliphatic rings. The molecule has 1 fully saturated rings. The highest BCUT2D eigenvalue weighted by atomic mass is 32.2. The van der Waals surface area contributed by atoms with Gasteiger partial charge in [0, 0.05) is 29.6 Å². The zero-order chi connectivity index (χ0) is 24.4. The average Bonchev–Trinajstić information content (AvgIpc) is 3.32. The van der Waals surface area contributed by atoms with Gasteiger partial charge >= 0.3 is 0 Å². The van der Waals surface area contributed by atoms with Crippen molar-refractivity contribution in [2.45, 2.75) is 56.0 Å². The molecule has 35 heavy (non-hydrogen) atoms. The number of hydrogen-bond acceptors (Lipinski definition) is 7. The van der Waals surface area contributed by atoms with Crippen molar-refractivity contribution in [2.24, 2.45) is 0 Å². The number of benzene rings is 1. The Kier molecular flexibility index (Phi) is 6.77. The predicted molar refractivity (Wildman–Crippen MR) is 136 cm³/mol. The van der Waals surface area contributed by atoms with Crippen LogP contribution in [0.2, 0.25) is 0 Å². The topological polar surface area (TPSA) is 83.5 Å². The summed E-state index contributed by atoms with van der Waals surface area (Å²) in [6.07, 6.45) is 7.60. The van der Waals surface area contributed by atoms with Crippen LogP contribution in [0.25, 0.3) is 17.0 Å². The number of methoxy groups -OCH3 is 2. The Labute approximate surface area is 208 Å². The fourth-order valence-corrected chi connectivity index (χ4v) is 5.64. The lowest BCUT2D eigenvalue weighted by Gasteiger charge is -2.25. The van der Waals surface area contributed by atoms with Gasteiger partial charge < -0.3 is 9.47 Å². The highest BCUT2D eigenvalue weighted by Gasteiger charge is 2.24. The minimum atomic E-state index is -0.0749. The van der Waals surface area contributed by atoms with E-state index in [1.54, 1.807) is 42.6 Å². The molecule has 5 rings (SSSR count). The molecule has 1 aliphatic carbocycles. The number of hydrogen-bond donors (Lipinski definition) is 0. The molecule has 0 bridgehead atoms. The third-order valence-corrected chi connectivity index (χ3v) is 7.51. The Hall–Kier alpha value is -3.33. The monoisotopic (exact) mass is 491 g/mol. The van der Waals surface area contributed by atoms with Crippen LogP contribution in [0.3, 0.4) is 0 Å². The number of ether oxygens (including phenoxy) is 2. The third-order valence-electron chi connectivity index (χ3n) is 6.53. The maximum absolute atomic E-state index is 12.6. The van der Waals surface area contributed by atoms with E-state index in [0.717, 1.165) is 40.6 Å². The van der Waals surface area contributed by atoms with Gasteiger partial charge in [-0.2, -0.15) is 0 Å². The Morgan fingerprint density at radius 1 is 1.03 bits per heavy atom. The van der Waals surface area contributed by atoms with Gasteiger partial charge in [0.25, 0.3) is 5.56 Å². The Morgan fingerprint density at radius 3 is 2.60 bits per heavy atom. The molecular weight excluding hydrogens is 462 g/mol. The van der Waals surface area contributed by atoms with E-state index in [0.29, 0.717) is 28.9 Å². The van der Waals surface area contributed by atoms with E-state index in [9.17, 15) is 4.79 Å². The van der Waals surface area contributed by atoms with Crippen molar-refractivity contribution in [3.05, 3.63) is 64.2 Å². The summed E-state index contributed by atoms with van der Waals surface area (Å²) in [6, 6.07) is 11.6. The summed E-state index contributed by atoms with van der Waals surface area (Å²) < 4.78 is 14.8. The minimum absolute atomic E-state index is 0.0749. The normalized spacial score (nSPS) is 14.4. The highest BCUT2D eigenvalue weighted by molar-refractivity contribution is 7.98. The van der Waals surface area contributed by atoms with Crippen molar-refractivity contribution in [3.63, 3.8) is 0 Å². The fraction of sp³-hybridized carbons (Fsp3) is 0.385. The molecule has 3 aromatic heterocycles. The molecule has 0 N–H and O–H groups in total. The standard InChI is InChI=1S/C26H29N5O3S/c1-17-8-7-13-30-23(32)15-19(27-24(17)30)16-35-26-29-28-25(31(26)20-9-5-4-6-10-20)18-11-12-21(33-2)22(14-18)34-3/h7-8,11-15,20H,4-6,9-10,16H2,1-3H3. The van der Waals surface area contributed by atoms with Crippen LogP contribution < -0.4 is 15.0 Å². The first-order valence-corrected chi connectivity index (χ1v) is 12.9. The first-order chi connectivity index (χ1) is 17.1. The van der Waals surface area contributed by atoms with Gasteiger partial charge in [-0.25, -0.2) is 4.98 Å². The quantitative estimate of drug-likeness (QED) is 0.334. The largest absolute Gasteiger partial charge is 0.493 e. The van der Waals surface area contributed by atoms with E-state index < -0.39 is 0 Å². The second kappa shape index (κ2) is 10.1. The summed E-state index contributed by atoms with van der Waals surface area (Å²) in [5.41, 5.74) is 3.26. The molecular formula is C26H29N5O3S. The van der Waals surface area contributed by atoms with Crippen molar-refractivity contribution in [1.82, 2.24) is 24.1 Å². The first-order valence-electron chi connectivity index (χ1n) is 11.9. The number of rotatable bonds is 7. The van der Waals surface area contributed by atoms with Gasteiger partial charge in [-0.15, -0.1) is 10.2 Å². The summed E-state index contributed by atoms with van der Waals surface area (Å²) in [5, 5.41) is 10.0. The second-order valence-electron chi connectivity index (χ2n) is 8.80. The number of aryl methyl sites for hydroxylation is 1. The third kappa shape index (κ3) is 4.65. The van der Waals surface area contributed by atoms with E-state index in [-0.39, 0.29) is 5.56 Å². The molecule has 8 nitrogen and oxygen atoms in total. The maximum Gasteiger partial charge on any atom is 0.258 e. The van der Waals surface area contributed by atoms with E-state index in [1.807, 2.05) is 37.3 Å². The van der Waals surface area contributed by atoms with E-state index >= 15 is 0 Å². The minimum Gasteiger partial charge on any atom is -0.493 e. The summed E-state index contributed by atoms with van der Waals surface area (Å²) >= 11 is 1.57. The van der Waals surface area contributed by atoms with Crippen molar-refractivity contribution in [3.8, 4) is 22.9 Å². The van der Waals surface area contributed by atoms with E-state index in [2.05, 4.69) is 14.8 Å². The van der Waals surface area contributed by atoms with Crippen LogP contribution in [0.15, 0.2) is 52.5 Å². The Bertz CT molecular complexity index is 1410. The van der Waals surface area contributed by atoms with Gasteiger partial charge in [-0.05, 0) is 49.6 Å². The molecule has 0 amide bonds. The van der Waals surface area contributed by atoms with Crippen LogP contribution in [0.5, 0.6) is 11.5 Å². The number of fused-ring (bicyclic) bond motifs is 1. The molecule has 1 saturated carbocycles. The molecule has 0 atom stereocenters. The van der Waals surface area contributed by atoms with Gasteiger partial charge in [0.15, 0.2) is 22.5 Å². The van der Waals surface area contributed by atoms with Gasteiger partial charge in [-0.3, -0.25) is 13.8 Å². The smallest absolute Gasteiger partial charge is 0.258 e. The molecule has 0 unspecified atom stereocenters. The van der Waals surface area contributed by atoms with Gasteiger partial charge in [0.1, 0.15) is 5.65 Å². The van der Waals surface area contributed by atoms with Gasteiger partial charge in [0.05, 0.1) is 19.9 Å². The summed E-state index contributed by atoms with van der Waals surface area (Å²) in [4.78, 5) is 17.4. The summed E-state index contributed by atoms with van der Waals surface area (Å²) in [5.74, 6) is 2.70. The zero-order valence-electron chi connectivity index (χ0n) is 20.2. The molecule has 0 radical (unpaired) electrons. The molecule has 9 heteroatoms. The van der Waals surface area contributed by atoms with Crippen molar-refractivity contribution >= 4 is 17.4 Å². The lowest BCUT2D eigenvalue weighted by molar-refractivity contribution is 0.339. The lowest BCUT2D eigenvalue weighted by Crippen LogP contribution is -2.16. The number of nitrogens with zero attached hydrogens (tertiary/aromatic N) is 5. The highest BCUT2D eigenvalue weighted by Crippen LogP contribution is 2.38. The second-order valence-corrected chi connectivity index (χ2v) is 9.74. The number of pyridine rings is 1. The van der Waals surface area contributed by atoms with Crippen molar-refractivity contribution < 1.29 is 9.47 Å². The van der Waals surface area contributed by atoms with E-state index in [1.165, 1.54) is 19.3 Å². The molecule has 4 aromatic rings. The van der Waals surface area contributed by atoms with Crippen LogP contribution in [0.4, 0.5) is 0 Å². The van der Waals surface area contributed by atoms with E-state index in [4.69, 9.17) is 14.5 Å².